The van der Waals surface area contributed by atoms with Gasteiger partial charge in [0.15, 0.2) is 0 Å². The minimum Gasteiger partial charge on any atom is -0.392 e. The molecule has 0 saturated heterocycles. The van der Waals surface area contributed by atoms with E-state index in [1.54, 1.807) is 6.92 Å². The molecule has 0 saturated carbocycles. The second-order valence-corrected chi connectivity index (χ2v) is 3.83. The lowest BCUT2D eigenvalue weighted by atomic mass is 10.2. The number of hydrogen-bond donors (Lipinski definition) is 0. The van der Waals surface area contributed by atoms with E-state index in [1.165, 1.54) is 0 Å². The summed E-state index contributed by atoms with van der Waals surface area (Å²) in [6, 6.07) is 0. The zero-order valence-corrected chi connectivity index (χ0v) is 6.77. The molecule has 1 aliphatic heterocycles. The van der Waals surface area contributed by atoms with Crippen molar-refractivity contribution in [3.63, 3.8) is 0 Å². The smallest absolute Gasteiger partial charge is 0.307 e. The highest BCUT2D eigenvalue weighted by atomic mass is 32.3. The van der Waals surface area contributed by atoms with Crippen molar-refractivity contribution in [3.05, 3.63) is 0 Å². The maximum atomic E-state index is 12.0. The van der Waals surface area contributed by atoms with Crippen molar-refractivity contribution in [2.75, 3.05) is 5.75 Å². The molecule has 1 aliphatic rings. The second-order valence-electron chi connectivity index (χ2n) is 2.46. The topological polar surface area (TPSA) is 55.7 Å². The molecule has 1 rings (SSSR count). The van der Waals surface area contributed by atoms with Gasteiger partial charge in [0.25, 0.3) is 0 Å². The van der Waals surface area contributed by atoms with Gasteiger partial charge >= 0.3 is 10.2 Å². The fourth-order valence-electron chi connectivity index (χ4n) is 0.855. The van der Waals surface area contributed by atoms with Gasteiger partial charge in [-0.3, -0.25) is 0 Å². The molecule has 0 radical (unpaired) electrons. The Morgan fingerprint density at radius 2 is 2.45 bits per heavy atom. The highest BCUT2D eigenvalue weighted by Crippen LogP contribution is 2.11. The molecule has 4 nitrogen and oxygen atoms in total. The van der Waals surface area contributed by atoms with Gasteiger partial charge in [0, 0.05) is 6.42 Å². The molecular weight excluding hydrogens is 173 g/mol. The summed E-state index contributed by atoms with van der Waals surface area (Å²) >= 11 is 0. The van der Waals surface area contributed by atoms with Crippen molar-refractivity contribution in [1.82, 2.24) is 0 Å². The quantitative estimate of drug-likeness (QED) is 0.581. The first kappa shape index (κ1) is 8.45. The normalized spacial score (nSPS) is 24.5. The number of rotatable bonds is 2. The summed E-state index contributed by atoms with van der Waals surface area (Å²) in [4.78, 5) is 4.67. The molecule has 0 fully saturated rings. The Morgan fingerprint density at radius 3 is 2.82 bits per heavy atom. The van der Waals surface area contributed by atoms with E-state index in [1.807, 2.05) is 0 Å². The highest BCUT2D eigenvalue weighted by Gasteiger charge is 2.21. The summed E-state index contributed by atoms with van der Waals surface area (Å²) in [5, 5.41) is 3.40. The van der Waals surface area contributed by atoms with Crippen molar-refractivity contribution in [2.45, 2.75) is 19.4 Å². The van der Waals surface area contributed by atoms with Gasteiger partial charge in [-0.15, -0.1) is 3.89 Å². The average molecular weight is 181 g/mol. The van der Waals surface area contributed by atoms with Crippen LogP contribution < -0.4 is 0 Å². The summed E-state index contributed by atoms with van der Waals surface area (Å²) in [6.07, 6.45) is 0.259. The molecule has 1 unspecified atom stereocenters. The van der Waals surface area contributed by atoms with Gasteiger partial charge in [0.1, 0.15) is 11.9 Å². The van der Waals surface area contributed by atoms with Gasteiger partial charge < -0.3 is 4.84 Å². The maximum absolute atomic E-state index is 12.0. The molecule has 0 bridgehead atoms. The van der Waals surface area contributed by atoms with Crippen LogP contribution in [0.1, 0.15) is 13.3 Å². The van der Waals surface area contributed by atoms with Crippen molar-refractivity contribution < 1.29 is 17.1 Å². The van der Waals surface area contributed by atoms with Crippen LogP contribution in [-0.4, -0.2) is 26.0 Å². The van der Waals surface area contributed by atoms with E-state index in [-0.39, 0.29) is 11.8 Å². The van der Waals surface area contributed by atoms with Crippen LogP contribution in [0.4, 0.5) is 3.89 Å². The van der Waals surface area contributed by atoms with Gasteiger partial charge in [0.2, 0.25) is 0 Å². The fraction of sp³-hybridized carbons (Fsp3) is 0.800. The van der Waals surface area contributed by atoms with E-state index in [4.69, 9.17) is 0 Å². The summed E-state index contributed by atoms with van der Waals surface area (Å²) in [6.45, 7) is 1.74. The molecule has 0 N–H and O–H groups in total. The molecule has 64 valence electrons. The largest absolute Gasteiger partial charge is 0.392 e. The summed E-state index contributed by atoms with van der Waals surface area (Å²) < 4.78 is 32.2. The Morgan fingerprint density at radius 1 is 1.82 bits per heavy atom. The Labute approximate surface area is 64.2 Å². The predicted molar refractivity (Wildman–Crippen MR) is 37.5 cm³/mol. The Balaban J connectivity index is 2.53. The van der Waals surface area contributed by atoms with Crippen LogP contribution in [0.25, 0.3) is 0 Å². The van der Waals surface area contributed by atoms with Crippen molar-refractivity contribution in [1.29, 1.82) is 0 Å². The lowest BCUT2D eigenvalue weighted by Gasteiger charge is -1.95. The molecule has 6 heteroatoms. The van der Waals surface area contributed by atoms with E-state index in [0.29, 0.717) is 6.42 Å². The molecule has 0 aromatic carbocycles. The van der Waals surface area contributed by atoms with Crippen LogP contribution in [0.5, 0.6) is 0 Å². The van der Waals surface area contributed by atoms with Crippen LogP contribution in [0.3, 0.4) is 0 Å². The molecule has 0 amide bonds. The monoisotopic (exact) mass is 181 g/mol. The van der Waals surface area contributed by atoms with Crippen LogP contribution in [0.2, 0.25) is 0 Å². The van der Waals surface area contributed by atoms with E-state index in [9.17, 15) is 12.3 Å². The number of oxime groups is 1. The molecular formula is C5H8FNO3S. The minimum atomic E-state index is -4.44. The van der Waals surface area contributed by atoms with Crippen molar-refractivity contribution in [3.8, 4) is 0 Å². The third kappa shape index (κ3) is 2.83. The number of nitrogens with zero attached hydrogens (tertiary/aromatic N) is 1. The molecule has 0 aliphatic carbocycles. The third-order valence-electron chi connectivity index (χ3n) is 1.22. The van der Waals surface area contributed by atoms with E-state index >= 15 is 0 Å². The highest BCUT2D eigenvalue weighted by molar-refractivity contribution is 7.87. The van der Waals surface area contributed by atoms with Crippen molar-refractivity contribution in [2.24, 2.45) is 5.16 Å². The Hall–Kier alpha value is -0.650. The van der Waals surface area contributed by atoms with Crippen LogP contribution >= 0.6 is 0 Å². The lowest BCUT2D eigenvalue weighted by Crippen LogP contribution is -2.11. The van der Waals surface area contributed by atoms with Crippen molar-refractivity contribution >= 4 is 15.9 Å². The third-order valence-corrected chi connectivity index (χ3v) is 1.90. The summed E-state index contributed by atoms with van der Waals surface area (Å²) in [7, 11) is -4.44. The standard InChI is InChI=1S/C5H8FNO3S/c1-4-2-5(7-10-4)3-11(6,8)9/h4H,2-3H2,1H3. The van der Waals surface area contributed by atoms with E-state index in [0.717, 1.165) is 0 Å². The minimum absolute atomic E-state index is 0.133. The van der Waals surface area contributed by atoms with Crippen LogP contribution in [0, 0.1) is 0 Å². The van der Waals surface area contributed by atoms with Crippen LogP contribution in [0.15, 0.2) is 5.16 Å². The molecule has 1 heterocycles. The summed E-state index contributed by atoms with van der Waals surface area (Å²) in [5.74, 6) is -0.642. The van der Waals surface area contributed by atoms with Gasteiger partial charge in [-0.1, -0.05) is 5.16 Å². The maximum Gasteiger partial charge on any atom is 0.307 e. The Bertz CT molecular complexity index is 271. The second kappa shape index (κ2) is 2.77. The first-order valence-corrected chi connectivity index (χ1v) is 4.66. The first-order valence-electron chi connectivity index (χ1n) is 3.11. The van der Waals surface area contributed by atoms with Gasteiger partial charge in [0.05, 0.1) is 5.71 Å². The predicted octanol–water partition coefficient (Wildman–Crippen LogP) is 0.451. The zero-order valence-electron chi connectivity index (χ0n) is 5.95. The molecule has 0 spiro atoms. The van der Waals surface area contributed by atoms with Gasteiger partial charge in [-0.05, 0) is 6.92 Å². The molecule has 0 aromatic heterocycles. The van der Waals surface area contributed by atoms with E-state index < -0.39 is 16.0 Å². The number of halogens is 1. The summed E-state index contributed by atoms with van der Waals surface area (Å²) in [5.41, 5.74) is 0.250. The average Bonchev–Trinajstić information content (AvgIpc) is 2.10. The van der Waals surface area contributed by atoms with E-state index in [2.05, 4.69) is 9.99 Å². The zero-order chi connectivity index (χ0) is 8.48. The van der Waals surface area contributed by atoms with Gasteiger partial charge in [-0.2, -0.15) is 8.42 Å². The SMILES string of the molecule is CC1CC(CS(=O)(=O)F)=NO1. The fourth-order valence-corrected chi connectivity index (χ4v) is 1.42. The Kier molecular flexibility index (Phi) is 2.12. The van der Waals surface area contributed by atoms with Gasteiger partial charge in [-0.25, -0.2) is 0 Å². The molecule has 11 heavy (non-hydrogen) atoms. The lowest BCUT2D eigenvalue weighted by molar-refractivity contribution is 0.0995. The molecule has 0 aromatic rings. The first-order chi connectivity index (χ1) is 4.97. The number of hydrogen-bond acceptors (Lipinski definition) is 4. The molecule has 1 atom stereocenters. The van der Waals surface area contributed by atoms with Crippen LogP contribution in [-0.2, 0) is 15.1 Å².